The van der Waals surface area contributed by atoms with Gasteiger partial charge in [-0.25, -0.2) is 14.0 Å². The second kappa shape index (κ2) is 7.96. The number of esters is 1. The van der Waals surface area contributed by atoms with E-state index in [1.807, 2.05) is 0 Å². The summed E-state index contributed by atoms with van der Waals surface area (Å²) in [5.41, 5.74) is 0.470. The molecule has 126 valence electrons. The molecule has 2 aromatic rings. The molecule has 0 saturated heterocycles. The number of aromatic carboxylic acids is 1. The van der Waals surface area contributed by atoms with Crippen molar-refractivity contribution in [2.24, 2.45) is 0 Å². The van der Waals surface area contributed by atoms with E-state index in [2.05, 4.69) is 4.74 Å². The third-order valence-electron chi connectivity index (χ3n) is 3.08. The van der Waals surface area contributed by atoms with Crippen molar-refractivity contribution in [3.8, 4) is 11.5 Å². The molecule has 0 atom stereocenters. The number of carboxylic acids is 1. The number of methoxy groups -OCH3 is 1. The maximum absolute atomic E-state index is 12.9. The number of hydrogen-bond acceptors (Lipinski definition) is 5. The smallest absolute Gasteiger partial charge is 0.343 e. The van der Waals surface area contributed by atoms with Gasteiger partial charge in [0.25, 0.3) is 0 Å². The van der Waals surface area contributed by atoms with Gasteiger partial charge in [0, 0.05) is 0 Å². The van der Waals surface area contributed by atoms with Gasteiger partial charge in [-0.3, -0.25) is 0 Å². The normalized spacial score (nSPS) is 10.1. The van der Waals surface area contributed by atoms with Crippen molar-refractivity contribution >= 4 is 11.9 Å². The molecule has 0 radical (unpaired) electrons. The van der Waals surface area contributed by atoms with Crippen LogP contribution in [0, 0.1) is 5.82 Å². The van der Waals surface area contributed by atoms with Crippen LogP contribution in [0.4, 0.5) is 4.39 Å². The SMILES string of the molecule is COC(=O)COc1cccc(OCc2ccc(F)cc2)c1C(=O)O. The van der Waals surface area contributed by atoms with Crippen LogP contribution in [0.3, 0.4) is 0 Å². The standard InChI is InChI=1S/C17H15FO6/c1-22-15(19)10-24-14-4-2-3-13(16(14)17(20)21)23-9-11-5-7-12(18)8-6-11/h2-8H,9-10H2,1H3,(H,20,21). The van der Waals surface area contributed by atoms with E-state index in [-0.39, 0.29) is 29.5 Å². The minimum Gasteiger partial charge on any atom is -0.488 e. The van der Waals surface area contributed by atoms with Gasteiger partial charge in [-0.05, 0) is 29.8 Å². The fourth-order valence-electron chi connectivity index (χ4n) is 1.90. The molecule has 2 aromatic carbocycles. The average Bonchev–Trinajstić information content (AvgIpc) is 2.58. The van der Waals surface area contributed by atoms with Crippen LogP contribution in [-0.4, -0.2) is 30.8 Å². The van der Waals surface area contributed by atoms with Crippen LogP contribution in [0.5, 0.6) is 11.5 Å². The van der Waals surface area contributed by atoms with Gasteiger partial charge in [0.15, 0.2) is 6.61 Å². The highest BCUT2D eigenvalue weighted by Gasteiger charge is 2.19. The minimum absolute atomic E-state index is 0.00972. The van der Waals surface area contributed by atoms with Gasteiger partial charge in [0.1, 0.15) is 29.5 Å². The molecule has 0 heterocycles. The highest BCUT2D eigenvalue weighted by atomic mass is 19.1. The highest BCUT2D eigenvalue weighted by molar-refractivity contribution is 5.94. The van der Waals surface area contributed by atoms with E-state index in [1.165, 1.54) is 43.5 Å². The lowest BCUT2D eigenvalue weighted by Gasteiger charge is -2.13. The summed E-state index contributed by atoms with van der Waals surface area (Å²) in [4.78, 5) is 22.6. The Labute approximate surface area is 137 Å². The summed E-state index contributed by atoms with van der Waals surface area (Å²) in [6, 6.07) is 10.1. The van der Waals surface area contributed by atoms with Crippen LogP contribution in [0.2, 0.25) is 0 Å². The molecule has 0 aliphatic carbocycles. The van der Waals surface area contributed by atoms with Gasteiger partial charge >= 0.3 is 11.9 Å². The number of hydrogen-bond donors (Lipinski definition) is 1. The van der Waals surface area contributed by atoms with E-state index in [4.69, 9.17) is 9.47 Å². The van der Waals surface area contributed by atoms with Crippen LogP contribution in [0.25, 0.3) is 0 Å². The molecule has 0 spiro atoms. The summed E-state index contributed by atoms with van der Waals surface area (Å²) in [6.07, 6.45) is 0. The number of carboxylic acid groups (broad SMARTS) is 1. The largest absolute Gasteiger partial charge is 0.488 e. The summed E-state index contributed by atoms with van der Waals surface area (Å²) in [5.74, 6) is -2.20. The van der Waals surface area contributed by atoms with E-state index in [0.29, 0.717) is 5.56 Å². The van der Waals surface area contributed by atoms with Gasteiger partial charge in [-0.1, -0.05) is 18.2 Å². The Balaban J connectivity index is 2.17. The Morgan fingerprint density at radius 2 is 1.67 bits per heavy atom. The van der Waals surface area contributed by atoms with Crippen molar-refractivity contribution in [1.29, 1.82) is 0 Å². The molecule has 0 amide bonds. The summed E-state index contributed by atoms with van der Waals surface area (Å²) < 4.78 is 28.0. The van der Waals surface area contributed by atoms with Gasteiger partial charge in [0.05, 0.1) is 7.11 Å². The number of carbonyl (C=O) groups is 2. The monoisotopic (exact) mass is 334 g/mol. The Morgan fingerprint density at radius 3 is 2.25 bits per heavy atom. The second-order valence-electron chi connectivity index (χ2n) is 4.71. The molecule has 0 aliphatic heterocycles. The van der Waals surface area contributed by atoms with E-state index in [0.717, 1.165) is 0 Å². The first-order valence-electron chi connectivity index (χ1n) is 6.94. The van der Waals surface area contributed by atoms with Gasteiger partial charge in [0.2, 0.25) is 0 Å². The molecule has 24 heavy (non-hydrogen) atoms. The lowest BCUT2D eigenvalue weighted by Crippen LogP contribution is -2.15. The van der Waals surface area contributed by atoms with Gasteiger partial charge in [-0.15, -0.1) is 0 Å². The molecule has 0 bridgehead atoms. The molecule has 1 N–H and O–H groups in total. The fraction of sp³-hybridized carbons (Fsp3) is 0.176. The quantitative estimate of drug-likeness (QED) is 0.784. The summed E-state index contributed by atoms with van der Waals surface area (Å²) >= 11 is 0. The first-order chi connectivity index (χ1) is 11.5. The van der Waals surface area contributed by atoms with Crippen molar-refractivity contribution in [2.45, 2.75) is 6.61 Å². The third kappa shape index (κ3) is 4.45. The Bertz CT molecular complexity index is 726. The predicted octanol–water partition coefficient (Wildman–Crippen LogP) is 2.65. The molecule has 0 saturated carbocycles. The Morgan fingerprint density at radius 1 is 1.04 bits per heavy atom. The fourth-order valence-corrected chi connectivity index (χ4v) is 1.90. The summed E-state index contributed by atoms with van der Waals surface area (Å²) in [6.45, 7) is -0.362. The van der Waals surface area contributed by atoms with Crippen molar-refractivity contribution < 1.29 is 33.3 Å². The maximum Gasteiger partial charge on any atom is 0.343 e. The van der Waals surface area contributed by atoms with Crippen LogP contribution >= 0.6 is 0 Å². The van der Waals surface area contributed by atoms with Crippen molar-refractivity contribution in [3.63, 3.8) is 0 Å². The van der Waals surface area contributed by atoms with Gasteiger partial charge < -0.3 is 19.3 Å². The van der Waals surface area contributed by atoms with Crippen LogP contribution in [-0.2, 0) is 16.1 Å². The molecule has 6 nitrogen and oxygen atoms in total. The summed E-state index contributed by atoms with van der Waals surface area (Å²) in [5, 5.41) is 9.38. The third-order valence-corrected chi connectivity index (χ3v) is 3.08. The Hall–Kier alpha value is -3.09. The van der Waals surface area contributed by atoms with E-state index >= 15 is 0 Å². The predicted molar refractivity (Wildman–Crippen MR) is 81.6 cm³/mol. The average molecular weight is 334 g/mol. The number of carbonyl (C=O) groups excluding carboxylic acids is 1. The van der Waals surface area contributed by atoms with Crippen LogP contribution in [0.15, 0.2) is 42.5 Å². The molecular formula is C17H15FO6. The molecule has 2 rings (SSSR count). The zero-order valence-corrected chi connectivity index (χ0v) is 12.8. The number of rotatable bonds is 7. The van der Waals surface area contributed by atoms with Crippen LogP contribution < -0.4 is 9.47 Å². The van der Waals surface area contributed by atoms with Gasteiger partial charge in [-0.2, -0.15) is 0 Å². The summed E-state index contributed by atoms with van der Waals surface area (Å²) in [7, 11) is 1.20. The van der Waals surface area contributed by atoms with Crippen LogP contribution in [0.1, 0.15) is 15.9 Å². The molecule has 7 heteroatoms. The zero-order valence-electron chi connectivity index (χ0n) is 12.8. The first-order valence-corrected chi connectivity index (χ1v) is 6.94. The molecule has 0 unspecified atom stereocenters. The molecule has 0 fully saturated rings. The number of benzene rings is 2. The van der Waals surface area contributed by atoms with Crippen molar-refractivity contribution in [2.75, 3.05) is 13.7 Å². The highest BCUT2D eigenvalue weighted by Crippen LogP contribution is 2.29. The first kappa shape index (κ1) is 17.3. The minimum atomic E-state index is -1.26. The Kier molecular flexibility index (Phi) is 5.73. The molecule has 0 aliphatic rings. The van der Waals surface area contributed by atoms with Crippen molar-refractivity contribution in [1.82, 2.24) is 0 Å². The topological polar surface area (TPSA) is 82.1 Å². The van der Waals surface area contributed by atoms with E-state index in [9.17, 15) is 19.1 Å². The number of halogens is 1. The maximum atomic E-state index is 12.9. The van der Waals surface area contributed by atoms with Crippen molar-refractivity contribution in [3.05, 3.63) is 59.4 Å². The zero-order chi connectivity index (χ0) is 17.5. The molecule has 0 aromatic heterocycles. The molecular weight excluding hydrogens is 319 g/mol. The second-order valence-corrected chi connectivity index (χ2v) is 4.71. The van der Waals surface area contributed by atoms with E-state index < -0.39 is 18.5 Å². The van der Waals surface area contributed by atoms with E-state index in [1.54, 1.807) is 6.07 Å². The lowest BCUT2D eigenvalue weighted by atomic mass is 10.1. The lowest BCUT2D eigenvalue weighted by molar-refractivity contribution is -0.142. The number of ether oxygens (including phenoxy) is 3.